The fraction of sp³-hybridized carbons (Fsp3) is 0.200. The number of esters is 2. The van der Waals surface area contributed by atoms with E-state index in [2.05, 4.69) is 4.74 Å². The number of methoxy groups -OCH3 is 1. The van der Waals surface area contributed by atoms with Crippen molar-refractivity contribution in [3.63, 3.8) is 0 Å². The number of para-hydroxylation sites is 1. The molecule has 7 nitrogen and oxygen atoms in total. The first-order chi connectivity index (χ1) is 13.1. The normalized spacial score (nSPS) is 10.4. The summed E-state index contributed by atoms with van der Waals surface area (Å²) in [6.07, 6.45) is 0. The zero-order valence-corrected chi connectivity index (χ0v) is 14.9. The molecule has 27 heavy (non-hydrogen) atoms. The topological polar surface area (TPSA) is 88.1 Å². The van der Waals surface area contributed by atoms with Gasteiger partial charge in [-0.2, -0.15) is 0 Å². The molecule has 0 saturated heterocycles. The van der Waals surface area contributed by atoms with E-state index in [0.29, 0.717) is 22.8 Å². The van der Waals surface area contributed by atoms with Gasteiger partial charge in [0, 0.05) is 5.56 Å². The van der Waals surface area contributed by atoms with Crippen LogP contribution in [0.15, 0.2) is 57.4 Å². The lowest BCUT2D eigenvalue weighted by Crippen LogP contribution is -2.04. The van der Waals surface area contributed by atoms with E-state index in [-0.39, 0.29) is 24.7 Å². The summed E-state index contributed by atoms with van der Waals surface area (Å²) >= 11 is 0. The van der Waals surface area contributed by atoms with Crippen LogP contribution in [0.3, 0.4) is 0 Å². The first-order valence-electron chi connectivity index (χ1n) is 8.18. The lowest BCUT2D eigenvalue weighted by Gasteiger charge is -2.03. The predicted molar refractivity (Wildman–Crippen MR) is 93.4 cm³/mol. The van der Waals surface area contributed by atoms with Crippen LogP contribution in [0.4, 0.5) is 0 Å². The summed E-state index contributed by atoms with van der Waals surface area (Å²) in [5.74, 6) is 0.439. The monoisotopic (exact) mass is 370 g/mol. The number of furan rings is 2. The Hall–Kier alpha value is -3.48. The molecule has 2 heterocycles. The highest BCUT2D eigenvalue weighted by Crippen LogP contribution is 2.18. The maximum atomic E-state index is 12.1. The number of hydrogen-bond donors (Lipinski definition) is 0. The summed E-state index contributed by atoms with van der Waals surface area (Å²) < 4.78 is 26.1. The molecule has 0 aliphatic carbocycles. The SMILES string of the molecule is COC(=O)c1oc(COC(=O)c2ccc(COc3ccccc3)o2)cc1C. The van der Waals surface area contributed by atoms with E-state index in [1.807, 2.05) is 30.3 Å². The third kappa shape index (κ3) is 4.58. The molecule has 0 bridgehead atoms. The van der Waals surface area contributed by atoms with Crippen molar-refractivity contribution in [1.29, 1.82) is 0 Å². The van der Waals surface area contributed by atoms with Crippen molar-refractivity contribution < 1.29 is 32.6 Å². The largest absolute Gasteiger partial charge is 0.486 e. The van der Waals surface area contributed by atoms with Crippen LogP contribution in [0, 0.1) is 6.92 Å². The van der Waals surface area contributed by atoms with Crippen molar-refractivity contribution in [2.45, 2.75) is 20.1 Å². The van der Waals surface area contributed by atoms with Gasteiger partial charge in [0.1, 0.15) is 30.5 Å². The fourth-order valence-electron chi connectivity index (χ4n) is 2.36. The highest BCUT2D eigenvalue weighted by molar-refractivity contribution is 5.88. The van der Waals surface area contributed by atoms with Gasteiger partial charge >= 0.3 is 11.9 Å². The highest BCUT2D eigenvalue weighted by Gasteiger charge is 2.18. The summed E-state index contributed by atoms with van der Waals surface area (Å²) in [5.41, 5.74) is 0.603. The average Bonchev–Trinajstić information content (AvgIpc) is 3.31. The quantitative estimate of drug-likeness (QED) is 0.583. The molecule has 3 aromatic rings. The van der Waals surface area contributed by atoms with Crippen LogP contribution in [0.2, 0.25) is 0 Å². The van der Waals surface area contributed by atoms with Gasteiger partial charge in [0.25, 0.3) is 0 Å². The van der Waals surface area contributed by atoms with Crippen LogP contribution in [-0.4, -0.2) is 19.0 Å². The molecule has 0 aliphatic heterocycles. The molecular formula is C20H18O7. The first-order valence-corrected chi connectivity index (χ1v) is 8.18. The van der Waals surface area contributed by atoms with Gasteiger partial charge in [-0.25, -0.2) is 9.59 Å². The summed E-state index contributed by atoms with van der Waals surface area (Å²) in [7, 11) is 1.26. The third-order valence-corrected chi connectivity index (χ3v) is 3.67. The van der Waals surface area contributed by atoms with Crippen LogP contribution in [0.5, 0.6) is 5.75 Å². The summed E-state index contributed by atoms with van der Waals surface area (Å²) in [5, 5.41) is 0. The van der Waals surface area contributed by atoms with Gasteiger partial charge in [0.05, 0.1) is 7.11 Å². The highest BCUT2D eigenvalue weighted by atomic mass is 16.6. The van der Waals surface area contributed by atoms with Gasteiger partial charge in [0.2, 0.25) is 11.5 Å². The molecule has 0 N–H and O–H groups in total. The summed E-state index contributed by atoms with van der Waals surface area (Å²) in [4.78, 5) is 23.6. The summed E-state index contributed by atoms with van der Waals surface area (Å²) in [6.45, 7) is 1.76. The molecule has 0 spiro atoms. The molecule has 0 saturated carbocycles. The molecule has 0 unspecified atom stereocenters. The molecule has 2 aromatic heterocycles. The molecule has 1 aromatic carbocycles. The van der Waals surface area contributed by atoms with E-state index in [4.69, 9.17) is 18.3 Å². The van der Waals surface area contributed by atoms with Crippen LogP contribution in [0.1, 0.15) is 38.2 Å². The van der Waals surface area contributed by atoms with Crippen molar-refractivity contribution in [1.82, 2.24) is 0 Å². The van der Waals surface area contributed by atoms with Crippen LogP contribution >= 0.6 is 0 Å². The zero-order chi connectivity index (χ0) is 19.2. The van der Waals surface area contributed by atoms with Crippen molar-refractivity contribution >= 4 is 11.9 Å². The van der Waals surface area contributed by atoms with Crippen LogP contribution in [0.25, 0.3) is 0 Å². The second-order valence-corrected chi connectivity index (χ2v) is 5.66. The second kappa shape index (κ2) is 8.27. The van der Waals surface area contributed by atoms with Crippen LogP contribution < -0.4 is 4.74 Å². The molecule has 0 atom stereocenters. The number of hydrogen-bond acceptors (Lipinski definition) is 7. The Morgan fingerprint density at radius 3 is 2.44 bits per heavy atom. The molecule has 0 fully saturated rings. The molecule has 140 valence electrons. The molecule has 7 heteroatoms. The number of aryl methyl sites for hydroxylation is 1. The van der Waals surface area contributed by atoms with E-state index >= 15 is 0 Å². The minimum atomic E-state index is -0.644. The number of ether oxygens (including phenoxy) is 3. The number of carbonyl (C=O) groups excluding carboxylic acids is 2. The number of benzene rings is 1. The minimum absolute atomic E-state index is 0.0538. The van der Waals surface area contributed by atoms with Crippen LogP contribution in [-0.2, 0) is 22.7 Å². The molecule has 0 radical (unpaired) electrons. The van der Waals surface area contributed by atoms with Gasteiger partial charge in [-0.15, -0.1) is 0 Å². The third-order valence-electron chi connectivity index (χ3n) is 3.67. The van der Waals surface area contributed by atoms with Crippen molar-refractivity contribution in [2.75, 3.05) is 7.11 Å². The standard InChI is InChI=1S/C20H18O7/c1-13-10-16(27-18(13)20(22)23-2)12-25-19(21)17-9-8-15(26-17)11-24-14-6-4-3-5-7-14/h3-10H,11-12H2,1-2H3. The number of rotatable bonds is 7. The van der Waals surface area contributed by atoms with E-state index in [0.717, 1.165) is 0 Å². The van der Waals surface area contributed by atoms with Gasteiger partial charge in [0.15, 0.2) is 0 Å². The number of carbonyl (C=O) groups is 2. The Balaban J connectivity index is 1.54. The zero-order valence-electron chi connectivity index (χ0n) is 14.9. The first kappa shape index (κ1) is 18.3. The van der Waals surface area contributed by atoms with Gasteiger partial charge in [-0.05, 0) is 37.3 Å². The fourth-order valence-corrected chi connectivity index (χ4v) is 2.36. The molecule has 0 aliphatic rings. The Labute approximate surface area is 155 Å². The second-order valence-electron chi connectivity index (χ2n) is 5.66. The predicted octanol–water partition coefficient (Wildman–Crippen LogP) is 3.90. The maximum absolute atomic E-state index is 12.1. The van der Waals surface area contributed by atoms with Crippen molar-refractivity contribution in [3.8, 4) is 5.75 Å². The van der Waals surface area contributed by atoms with Crippen molar-refractivity contribution in [2.24, 2.45) is 0 Å². The smallest absolute Gasteiger partial charge is 0.374 e. The van der Waals surface area contributed by atoms with E-state index in [9.17, 15) is 9.59 Å². The molecule has 3 rings (SSSR count). The summed E-state index contributed by atoms with van der Waals surface area (Å²) in [6, 6.07) is 14.0. The van der Waals surface area contributed by atoms with Gasteiger partial charge in [-0.3, -0.25) is 0 Å². The minimum Gasteiger partial charge on any atom is -0.486 e. The Morgan fingerprint density at radius 1 is 0.926 bits per heavy atom. The molecular weight excluding hydrogens is 352 g/mol. The van der Waals surface area contributed by atoms with E-state index in [1.54, 1.807) is 19.1 Å². The van der Waals surface area contributed by atoms with E-state index < -0.39 is 11.9 Å². The Morgan fingerprint density at radius 2 is 1.70 bits per heavy atom. The maximum Gasteiger partial charge on any atom is 0.374 e. The lowest BCUT2D eigenvalue weighted by molar-refractivity contribution is 0.0400. The average molecular weight is 370 g/mol. The van der Waals surface area contributed by atoms with Crippen molar-refractivity contribution in [3.05, 3.63) is 77.1 Å². The van der Waals surface area contributed by atoms with Gasteiger partial charge in [-0.1, -0.05) is 18.2 Å². The lowest BCUT2D eigenvalue weighted by atomic mass is 10.2. The Bertz CT molecular complexity index is 921. The van der Waals surface area contributed by atoms with E-state index in [1.165, 1.54) is 13.2 Å². The molecule has 0 amide bonds. The Kier molecular flexibility index (Phi) is 5.61. The van der Waals surface area contributed by atoms with Gasteiger partial charge < -0.3 is 23.0 Å².